The first-order valence-electron chi connectivity index (χ1n) is 9.47. The Morgan fingerprint density at radius 1 is 1.30 bits per heavy atom. The highest BCUT2D eigenvalue weighted by atomic mass is 32.1. The fourth-order valence-electron chi connectivity index (χ4n) is 4.04. The topological polar surface area (TPSA) is 83.2 Å². The number of likely N-dealkylation sites (N-methyl/N-ethyl adjacent to an activating group) is 1. The van der Waals surface area contributed by atoms with Gasteiger partial charge in [-0.3, -0.25) is 4.90 Å². The molecule has 2 aliphatic heterocycles. The van der Waals surface area contributed by atoms with Crippen molar-refractivity contribution in [1.29, 1.82) is 0 Å². The highest BCUT2D eigenvalue weighted by molar-refractivity contribution is 7.16. The average Bonchev–Trinajstić information content (AvgIpc) is 3.38. The van der Waals surface area contributed by atoms with E-state index in [2.05, 4.69) is 48.7 Å². The van der Waals surface area contributed by atoms with Crippen LogP contribution in [-0.2, 0) is 0 Å². The van der Waals surface area contributed by atoms with Crippen LogP contribution in [0.2, 0.25) is 0 Å². The van der Waals surface area contributed by atoms with Crippen molar-refractivity contribution in [2.75, 3.05) is 44.7 Å². The molecule has 5 rings (SSSR count). The predicted molar refractivity (Wildman–Crippen MR) is 104 cm³/mol. The van der Waals surface area contributed by atoms with E-state index in [1.165, 1.54) is 0 Å². The Bertz CT molecular complexity index is 925. The van der Waals surface area contributed by atoms with Gasteiger partial charge in [-0.05, 0) is 31.3 Å². The van der Waals surface area contributed by atoms with Gasteiger partial charge >= 0.3 is 0 Å². The molecule has 0 bridgehead atoms. The van der Waals surface area contributed by atoms with Crippen LogP contribution in [0, 0.1) is 0 Å². The van der Waals surface area contributed by atoms with Crippen molar-refractivity contribution < 1.29 is 4.52 Å². The number of rotatable bonds is 3. The quantitative estimate of drug-likeness (QED) is 0.733. The smallest absolute Gasteiger partial charge is 0.231 e. The Labute approximate surface area is 161 Å². The molecule has 5 heterocycles. The van der Waals surface area contributed by atoms with Crippen molar-refractivity contribution in [3.8, 4) is 0 Å². The summed E-state index contributed by atoms with van der Waals surface area (Å²) in [7, 11) is 2.12. The lowest BCUT2D eigenvalue weighted by molar-refractivity contribution is 0.190. The molecule has 2 fully saturated rings. The fourth-order valence-corrected chi connectivity index (χ4v) is 4.77. The van der Waals surface area contributed by atoms with Gasteiger partial charge in [0.25, 0.3) is 0 Å². The van der Waals surface area contributed by atoms with Crippen LogP contribution in [0.5, 0.6) is 0 Å². The summed E-state index contributed by atoms with van der Waals surface area (Å²) in [6, 6.07) is 2.29. The van der Waals surface area contributed by atoms with Crippen LogP contribution >= 0.6 is 11.3 Å². The van der Waals surface area contributed by atoms with Crippen LogP contribution in [0.3, 0.4) is 0 Å². The Hall–Kier alpha value is -2.10. The number of hydrogen-bond donors (Lipinski definition) is 1. The second kappa shape index (κ2) is 7.14. The highest BCUT2D eigenvalue weighted by Gasteiger charge is 2.30. The van der Waals surface area contributed by atoms with E-state index >= 15 is 0 Å². The summed E-state index contributed by atoms with van der Waals surface area (Å²) in [6.45, 7) is 4.71. The molecule has 8 nitrogen and oxygen atoms in total. The van der Waals surface area contributed by atoms with E-state index in [9.17, 15) is 0 Å². The maximum Gasteiger partial charge on any atom is 0.231 e. The monoisotopic (exact) mass is 385 g/mol. The molecule has 1 N–H and O–H groups in total. The van der Waals surface area contributed by atoms with E-state index in [-0.39, 0.29) is 12.0 Å². The summed E-state index contributed by atoms with van der Waals surface area (Å²) >= 11 is 1.65. The maximum absolute atomic E-state index is 5.69. The summed E-state index contributed by atoms with van der Waals surface area (Å²) in [5.41, 5.74) is 0. The van der Waals surface area contributed by atoms with Crippen LogP contribution < -0.4 is 10.2 Å². The van der Waals surface area contributed by atoms with Gasteiger partial charge < -0.3 is 14.7 Å². The predicted octanol–water partition coefficient (Wildman–Crippen LogP) is 2.03. The van der Waals surface area contributed by atoms with Gasteiger partial charge in [0.15, 0.2) is 5.82 Å². The van der Waals surface area contributed by atoms with Gasteiger partial charge in [0.1, 0.15) is 17.0 Å². The summed E-state index contributed by atoms with van der Waals surface area (Å²) in [4.78, 5) is 19.4. The molecule has 0 aromatic carbocycles. The van der Waals surface area contributed by atoms with Gasteiger partial charge in [-0.2, -0.15) is 4.98 Å². The zero-order chi connectivity index (χ0) is 18.2. The minimum absolute atomic E-state index is 0.184. The number of thiophene rings is 1. The largest absolute Gasteiger partial charge is 0.355 e. The van der Waals surface area contributed by atoms with Crippen LogP contribution in [0.15, 0.2) is 22.3 Å². The number of anilines is 1. The molecule has 2 atom stereocenters. The third kappa shape index (κ3) is 3.19. The first kappa shape index (κ1) is 17.0. The molecule has 2 saturated heterocycles. The number of fused-ring (bicyclic) bond motifs is 1. The minimum Gasteiger partial charge on any atom is -0.355 e. The van der Waals surface area contributed by atoms with Gasteiger partial charge in [0.05, 0.1) is 17.3 Å². The zero-order valence-corrected chi connectivity index (χ0v) is 16.2. The summed E-state index contributed by atoms with van der Waals surface area (Å²) in [6.07, 6.45) is 3.81. The molecule has 0 aliphatic carbocycles. The first-order chi connectivity index (χ1) is 13.3. The molecule has 9 heteroatoms. The Balaban J connectivity index is 1.36. The number of nitrogens with one attached hydrogen (secondary N) is 1. The van der Waals surface area contributed by atoms with Gasteiger partial charge in [0.2, 0.25) is 5.89 Å². The first-order valence-corrected chi connectivity index (χ1v) is 10.3. The average molecular weight is 385 g/mol. The molecule has 0 amide bonds. The van der Waals surface area contributed by atoms with Crippen LogP contribution in [-0.4, -0.2) is 64.8 Å². The number of nitrogens with zero attached hydrogens (tertiary/aromatic N) is 6. The van der Waals surface area contributed by atoms with Crippen LogP contribution in [0.1, 0.15) is 36.5 Å². The summed E-state index contributed by atoms with van der Waals surface area (Å²) < 4.78 is 5.69. The van der Waals surface area contributed by atoms with Crippen molar-refractivity contribution in [3.05, 3.63) is 29.5 Å². The zero-order valence-electron chi connectivity index (χ0n) is 15.3. The second-order valence-electron chi connectivity index (χ2n) is 7.31. The van der Waals surface area contributed by atoms with Crippen molar-refractivity contribution in [2.45, 2.75) is 24.8 Å². The number of piperazine rings is 1. The minimum atomic E-state index is 0.184. The second-order valence-corrected chi connectivity index (χ2v) is 8.21. The van der Waals surface area contributed by atoms with Crippen molar-refractivity contribution in [2.24, 2.45) is 0 Å². The van der Waals surface area contributed by atoms with Crippen molar-refractivity contribution in [3.63, 3.8) is 0 Å². The molecule has 142 valence electrons. The SMILES string of the molecule is CN1CCNCC1c1noc(C2CCCN(c3ncnc4sccc34)C2)n1. The maximum atomic E-state index is 5.69. The molecule has 0 spiro atoms. The number of piperidine rings is 1. The number of hydrogen-bond acceptors (Lipinski definition) is 9. The lowest BCUT2D eigenvalue weighted by Crippen LogP contribution is -2.44. The lowest BCUT2D eigenvalue weighted by Gasteiger charge is -2.32. The normalized spacial score (nSPS) is 24.6. The van der Waals surface area contributed by atoms with Gasteiger partial charge in [0, 0.05) is 32.7 Å². The van der Waals surface area contributed by atoms with Crippen molar-refractivity contribution in [1.82, 2.24) is 30.3 Å². The molecule has 3 aromatic rings. The van der Waals surface area contributed by atoms with Crippen LogP contribution in [0.4, 0.5) is 5.82 Å². The third-order valence-electron chi connectivity index (χ3n) is 5.58. The molecule has 2 unspecified atom stereocenters. The molecule has 3 aromatic heterocycles. The Morgan fingerprint density at radius 2 is 2.26 bits per heavy atom. The molecule has 0 saturated carbocycles. The van der Waals surface area contributed by atoms with Gasteiger partial charge in [-0.15, -0.1) is 11.3 Å². The van der Waals surface area contributed by atoms with Gasteiger partial charge in [-0.25, -0.2) is 9.97 Å². The molecule has 2 aliphatic rings. The standard InChI is InChI=1S/C18H23N7OS/c1-24-7-5-19-9-14(24)15-22-17(26-23-15)12-3-2-6-25(10-12)16-13-4-8-27-18(13)21-11-20-16/h4,8,11-12,14,19H,2-3,5-7,9-10H2,1H3. The fraction of sp³-hybridized carbons (Fsp3) is 0.556. The van der Waals surface area contributed by atoms with E-state index in [4.69, 9.17) is 9.51 Å². The van der Waals surface area contributed by atoms with Crippen LogP contribution in [0.25, 0.3) is 10.2 Å². The van der Waals surface area contributed by atoms with Crippen molar-refractivity contribution >= 4 is 27.4 Å². The van der Waals surface area contributed by atoms with E-state index < -0.39 is 0 Å². The molecule has 27 heavy (non-hydrogen) atoms. The van der Waals surface area contributed by atoms with E-state index in [1.54, 1.807) is 17.7 Å². The summed E-state index contributed by atoms with van der Waals surface area (Å²) in [5, 5.41) is 10.9. The Kier molecular flexibility index (Phi) is 4.50. The summed E-state index contributed by atoms with van der Waals surface area (Å²) in [5.74, 6) is 2.80. The lowest BCUT2D eigenvalue weighted by atomic mass is 9.98. The third-order valence-corrected chi connectivity index (χ3v) is 6.40. The Morgan fingerprint density at radius 3 is 3.19 bits per heavy atom. The number of aromatic nitrogens is 4. The highest BCUT2D eigenvalue weighted by Crippen LogP contribution is 2.33. The molecule has 0 radical (unpaired) electrons. The van der Waals surface area contributed by atoms with E-state index in [0.717, 1.165) is 73.3 Å². The van der Waals surface area contributed by atoms with E-state index in [1.807, 2.05) is 0 Å². The van der Waals surface area contributed by atoms with Gasteiger partial charge in [-0.1, -0.05) is 5.16 Å². The molecular formula is C18H23N7OS. The van der Waals surface area contributed by atoms with E-state index in [0.29, 0.717) is 0 Å². The molecular weight excluding hydrogens is 362 g/mol.